The first-order valence-electron chi connectivity index (χ1n) is 7.71. The van der Waals surface area contributed by atoms with Crippen LogP contribution < -0.4 is 5.32 Å². The van der Waals surface area contributed by atoms with Crippen LogP contribution >= 0.6 is 11.6 Å². The molecule has 0 saturated carbocycles. The van der Waals surface area contributed by atoms with Crippen LogP contribution in [0, 0.1) is 0 Å². The van der Waals surface area contributed by atoms with Crippen LogP contribution in [0.25, 0.3) is 0 Å². The number of amides is 2. The number of carbonyl (C=O) groups is 2. The van der Waals surface area contributed by atoms with Gasteiger partial charge in [0.25, 0.3) is 0 Å². The highest BCUT2D eigenvalue weighted by molar-refractivity contribution is 6.30. The minimum absolute atomic E-state index is 0.161. The summed E-state index contributed by atoms with van der Waals surface area (Å²) in [6, 6.07) is 6.13. The van der Waals surface area contributed by atoms with E-state index >= 15 is 0 Å². The highest BCUT2D eigenvalue weighted by atomic mass is 35.5. The number of halogens is 1. The summed E-state index contributed by atoms with van der Waals surface area (Å²) < 4.78 is 10.5. The van der Waals surface area contributed by atoms with Crippen molar-refractivity contribution in [2.45, 2.75) is 19.9 Å². The van der Waals surface area contributed by atoms with Crippen molar-refractivity contribution in [2.24, 2.45) is 0 Å². The number of ether oxygens (including phenoxy) is 2. The van der Waals surface area contributed by atoms with Gasteiger partial charge in [0.15, 0.2) is 0 Å². The summed E-state index contributed by atoms with van der Waals surface area (Å²) in [4.78, 5) is 26.0. The Kier molecular flexibility index (Phi) is 6.23. The van der Waals surface area contributed by atoms with Crippen LogP contribution in [0.3, 0.4) is 0 Å². The Morgan fingerprint density at radius 2 is 1.96 bits per heavy atom. The Hall–Kier alpha value is -2.05. The van der Waals surface area contributed by atoms with Crippen LogP contribution in [0.4, 0.5) is 4.79 Å². The molecule has 2 rings (SSSR count). The lowest BCUT2D eigenvalue weighted by atomic mass is 9.95. The average molecular weight is 353 g/mol. The van der Waals surface area contributed by atoms with Crippen molar-refractivity contribution in [3.05, 3.63) is 46.1 Å². The molecule has 0 fully saturated rings. The molecule has 6 nitrogen and oxygen atoms in total. The third kappa shape index (κ3) is 4.07. The predicted octanol–water partition coefficient (Wildman–Crippen LogP) is 2.89. The monoisotopic (exact) mass is 352 g/mol. The third-order valence-electron chi connectivity index (χ3n) is 3.84. The molecule has 1 heterocycles. The summed E-state index contributed by atoms with van der Waals surface area (Å²) in [5, 5.41) is 3.40. The first kappa shape index (κ1) is 18.3. The number of esters is 1. The Bertz CT molecular complexity index is 642. The van der Waals surface area contributed by atoms with Crippen LogP contribution in [0.5, 0.6) is 0 Å². The Morgan fingerprint density at radius 3 is 2.58 bits per heavy atom. The van der Waals surface area contributed by atoms with E-state index in [9.17, 15) is 9.59 Å². The summed E-state index contributed by atoms with van der Waals surface area (Å²) in [5.74, 6) is -0.473. The second kappa shape index (κ2) is 8.17. The van der Waals surface area contributed by atoms with Crippen LogP contribution in [-0.4, -0.2) is 43.8 Å². The number of benzene rings is 1. The van der Waals surface area contributed by atoms with Gasteiger partial charge in [-0.25, -0.2) is 9.59 Å². The molecule has 1 atom stereocenters. The van der Waals surface area contributed by atoms with Crippen LogP contribution in [-0.2, 0) is 14.3 Å². The van der Waals surface area contributed by atoms with E-state index in [-0.39, 0.29) is 12.6 Å². The lowest BCUT2D eigenvalue weighted by Gasteiger charge is -2.33. The topological polar surface area (TPSA) is 67.9 Å². The molecule has 0 bridgehead atoms. The van der Waals surface area contributed by atoms with Crippen molar-refractivity contribution < 1.29 is 19.1 Å². The van der Waals surface area contributed by atoms with Gasteiger partial charge in [0.2, 0.25) is 0 Å². The maximum Gasteiger partial charge on any atom is 0.338 e. The molecule has 1 aliphatic heterocycles. The number of hydrogen-bond acceptors (Lipinski definition) is 4. The number of hydrogen-bond donors (Lipinski definition) is 1. The minimum Gasteiger partial charge on any atom is -0.460 e. The molecular formula is C17H21ClN2O4. The molecule has 0 aromatic heterocycles. The number of rotatable bonds is 6. The molecule has 24 heavy (non-hydrogen) atoms. The SMILES string of the molecule is CCOCCOC(=O)C1=C(C)N(C)C(=O)NC1c1ccc(Cl)cc1. The van der Waals surface area contributed by atoms with E-state index in [0.29, 0.717) is 29.5 Å². The zero-order valence-corrected chi connectivity index (χ0v) is 14.7. The number of nitrogens with one attached hydrogen (secondary N) is 1. The molecule has 7 heteroatoms. The molecule has 0 saturated heterocycles. The fraction of sp³-hybridized carbons (Fsp3) is 0.412. The minimum atomic E-state index is -0.578. The molecule has 130 valence electrons. The van der Waals surface area contributed by atoms with Gasteiger partial charge < -0.3 is 19.7 Å². The molecule has 1 aromatic rings. The van der Waals surface area contributed by atoms with Gasteiger partial charge in [-0.15, -0.1) is 0 Å². The maximum atomic E-state index is 12.5. The highest BCUT2D eigenvalue weighted by Gasteiger charge is 2.34. The number of allylic oxidation sites excluding steroid dienone is 1. The first-order chi connectivity index (χ1) is 11.5. The van der Waals surface area contributed by atoms with E-state index in [1.807, 2.05) is 6.92 Å². The van der Waals surface area contributed by atoms with Gasteiger partial charge in [-0.05, 0) is 31.5 Å². The quantitative estimate of drug-likeness (QED) is 0.631. The Labute approximate surface area is 146 Å². The van der Waals surface area contributed by atoms with Gasteiger partial charge in [-0.1, -0.05) is 23.7 Å². The van der Waals surface area contributed by atoms with E-state index in [1.54, 1.807) is 38.2 Å². The largest absolute Gasteiger partial charge is 0.460 e. The summed E-state index contributed by atoms with van der Waals surface area (Å²) in [7, 11) is 1.61. The smallest absolute Gasteiger partial charge is 0.338 e. The van der Waals surface area contributed by atoms with Crippen LogP contribution in [0.15, 0.2) is 35.5 Å². The van der Waals surface area contributed by atoms with Crippen molar-refractivity contribution >= 4 is 23.6 Å². The van der Waals surface area contributed by atoms with Gasteiger partial charge in [0.05, 0.1) is 18.2 Å². The van der Waals surface area contributed by atoms with E-state index in [0.717, 1.165) is 5.56 Å². The molecule has 2 amide bonds. The zero-order chi connectivity index (χ0) is 17.7. The summed E-state index contributed by atoms with van der Waals surface area (Å²) >= 11 is 5.92. The second-order valence-electron chi connectivity index (χ2n) is 5.32. The maximum absolute atomic E-state index is 12.5. The standard InChI is InChI=1S/C17H21ClN2O4/c1-4-23-9-10-24-16(21)14-11(2)20(3)17(22)19-15(14)12-5-7-13(18)8-6-12/h5-8,15H,4,9-10H2,1-3H3,(H,19,22). The molecule has 1 N–H and O–H groups in total. The fourth-order valence-electron chi connectivity index (χ4n) is 2.42. The molecular weight excluding hydrogens is 332 g/mol. The van der Waals surface area contributed by atoms with Crippen molar-refractivity contribution in [2.75, 3.05) is 26.9 Å². The summed E-state index contributed by atoms with van der Waals surface area (Å²) in [5.41, 5.74) is 1.72. The molecule has 0 spiro atoms. The normalized spacial score (nSPS) is 17.8. The lowest BCUT2D eigenvalue weighted by Crippen LogP contribution is -2.46. The number of nitrogens with zero attached hydrogens (tertiary/aromatic N) is 1. The molecule has 0 radical (unpaired) electrons. The van der Waals surface area contributed by atoms with Crippen LogP contribution in [0.1, 0.15) is 25.5 Å². The van der Waals surface area contributed by atoms with Crippen molar-refractivity contribution in [1.82, 2.24) is 10.2 Å². The second-order valence-corrected chi connectivity index (χ2v) is 5.76. The summed E-state index contributed by atoms with van der Waals surface area (Å²) in [6.45, 7) is 4.65. The summed E-state index contributed by atoms with van der Waals surface area (Å²) in [6.07, 6.45) is 0. The predicted molar refractivity (Wildman–Crippen MR) is 90.6 cm³/mol. The number of urea groups is 1. The van der Waals surface area contributed by atoms with E-state index in [2.05, 4.69) is 5.32 Å². The van der Waals surface area contributed by atoms with Gasteiger partial charge in [-0.2, -0.15) is 0 Å². The molecule has 1 unspecified atom stereocenters. The highest BCUT2D eigenvalue weighted by Crippen LogP contribution is 2.31. The Morgan fingerprint density at radius 1 is 1.29 bits per heavy atom. The van der Waals surface area contributed by atoms with Crippen molar-refractivity contribution in [3.63, 3.8) is 0 Å². The van der Waals surface area contributed by atoms with Gasteiger partial charge in [0, 0.05) is 24.4 Å². The third-order valence-corrected chi connectivity index (χ3v) is 4.09. The van der Waals surface area contributed by atoms with E-state index in [1.165, 1.54) is 4.90 Å². The number of carbonyl (C=O) groups excluding carboxylic acids is 2. The van der Waals surface area contributed by atoms with Gasteiger partial charge in [0.1, 0.15) is 6.61 Å². The van der Waals surface area contributed by atoms with Crippen molar-refractivity contribution in [1.29, 1.82) is 0 Å². The van der Waals surface area contributed by atoms with E-state index in [4.69, 9.17) is 21.1 Å². The lowest BCUT2D eigenvalue weighted by molar-refractivity contribution is -0.141. The van der Waals surface area contributed by atoms with Gasteiger partial charge >= 0.3 is 12.0 Å². The molecule has 0 aliphatic carbocycles. The average Bonchev–Trinajstić information content (AvgIpc) is 2.57. The fourth-order valence-corrected chi connectivity index (χ4v) is 2.55. The van der Waals surface area contributed by atoms with Crippen molar-refractivity contribution in [3.8, 4) is 0 Å². The first-order valence-corrected chi connectivity index (χ1v) is 8.08. The van der Waals surface area contributed by atoms with Gasteiger partial charge in [-0.3, -0.25) is 0 Å². The van der Waals surface area contributed by atoms with E-state index < -0.39 is 12.0 Å². The molecule has 1 aromatic carbocycles. The molecule has 1 aliphatic rings. The van der Waals surface area contributed by atoms with Crippen LogP contribution in [0.2, 0.25) is 5.02 Å². The Balaban J connectivity index is 2.28. The zero-order valence-electron chi connectivity index (χ0n) is 14.0.